The fourth-order valence-corrected chi connectivity index (χ4v) is 3.29. The molecule has 3 fully saturated rings. The van der Waals surface area contributed by atoms with Crippen LogP contribution in [0.3, 0.4) is 0 Å². The molecule has 41 heavy (non-hydrogen) atoms. The van der Waals surface area contributed by atoms with Crippen molar-refractivity contribution in [2.75, 3.05) is 19.6 Å². The van der Waals surface area contributed by atoms with E-state index in [1.54, 1.807) is 0 Å². The Morgan fingerprint density at radius 1 is 0.829 bits per heavy atom. The van der Waals surface area contributed by atoms with Gasteiger partial charge in [0.25, 0.3) is 0 Å². The molecular formula is C24H43N5O12. The van der Waals surface area contributed by atoms with E-state index in [1.165, 1.54) is 0 Å². The zero-order chi connectivity index (χ0) is 32.1. The first-order chi connectivity index (χ1) is 19.0. The number of Topliss-reactive ketones (excluding diaryl/α,β-unsaturated/α-hetero) is 1. The number of aliphatic carboxylic acids is 5. The van der Waals surface area contributed by atoms with Gasteiger partial charge in [-0.25, -0.2) is 4.79 Å². The molecule has 3 aliphatic heterocycles. The number of carboxylic acid groups (broad SMARTS) is 5. The number of nitrogens with two attached hydrogens (primary N) is 2. The van der Waals surface area contributed by atoms with Gasteiger partial charge in [-0.05, 0) is 51.1 Å². The Morgan fingerprint density at radius 3 is 1.46 bits per heavy atom. The second kappa shape index (κ2) is 22.1. The number of ketones is 1. The van der Waals surface area contributed by atoms with Crippen molar-refractivity contribution in [1.29, 1.82) is 0 Å². The zero-order valence-electron chi connectivity index (χ0n) is 23.2. The van der Waals surface area contributed by atoms with Crippen molar-refractivity contribution >= 4 is 41.5 Å². The van der Waals surface area contributed by atoms with Crippen LogP contribution >= 0.6 is 0 Å². The number of carbonyl (C=O) groups is 7. The van der Waals surface area contributed by atoms with Gasteiger partial charge in [-0.3, -0.25) is 28.8 Å². The van der Waals surface area contributed by atoms with Crippen LogP contribution in [0.25, 0.3) is 0 Å². The van der Waals surface area contributed by atoms with E-state index < -0.39 is 47.7 Å². The summed E-state index contributed by atoms with van der Waals surface area (Å²) in [7, 11) is 0. The number of hydrogen-bond donors (Lipinski definition) is 10. The summed E-state index contributed by atoms with van der Waals surface area (Å²) in [6.07, 6.45) is 4.25. The van der Waals surface area contributed by atoms with Crippen LogP contribution in [0.5, 0.6) is 0 Å². The first kappa shape index (κ1) is 39.5. The minimum Gasteiger partial charge on any atom is -0.480 e. The summed E-state index contributed by atoms with van der Waals surface area (Å²) in [5.74, 6) is -5.06. The Kier molecular flexibility index (Phi) is 21.2. The predicted octanol–water partition coefficient (Wildman–Crippen LogP) is -1.96. The second-order valence-electron chi connectivity index (χ2n) is 9.45. The number of carbonyl (C=O) groups excluding carboxylic acids is 2. The Labute approximate surface area is 237 Å². The van der Waals surface area contributed by atoms with Gasteiger partial charge in [-0.15, -0.1) is 0 Å². The average Bonchev–Trinajstić information content (AvgIpc) is 3.61. The van der Waals surface area contributed by atoms with E-state index in [4.69, 9.17) is 31.3 Å². The molecule has 0 saturated carbocycles. The molecule has 0 aliphatic carbocycles. The second-order valence-corrected chi connectivity index (χ2v) is 9.45. The van der Waals surface area contributed by atoms with E-state index in [2.05, 4.69) is 21.7 Å². The van der Waals surface area contributed by atoms with Gasteiger partial charge in [-0.2, -0.15) is 0 Å². The fourth-order valence-electron chi connectivity index (χ4n) is 3.29. The van der Waals surface area contributed by atoms with Crippen molar-refractivity contribution in [3.63, 3.8) is 0 Å². The Balaban J connectivity index is 0. The van der Waals surface area contributed by atoms with Crippen molar-refractivity contribution in [1.82, 2.24) is 16.0 Å². The van der Waals surface area contributed by atoms with Crippen molar-refractivity contribution in [2.45, 2.75) is 83.0 Å². The summed E-state index contributed by atoms with van der Waals surface area (Å²) in [4.78, 5) is 71.3. The predicted molar refractivity (Wildman–Crippen MR) is 143 cm³/mol. The molecule has 0 bridgehead atoms. The quantitative estimate of drug-likeness (QED) is 0.143. The van der Waals surface area contributed by atoms with Gasteiger partial charge in [0.2, 0.25) is 5.91 Å². The summed E-state index contributed by atoms with van der Waals surface area (Å²) < 4.78 is 0. The van der Waals surface area contributed by atoms with E-state index >= 15 is 0 Å². The maximum atomic E-state index is 10.8. The molecule has 4 atom stereocenters. The molecule has 3 aliphatic rings. The van der Waals surface area contributed by atoms with Gasteiger partial charge in [-0.1, -0.05) is 13.8 Å². The summed E-state index contributed by atoms with van der Waals surface area (Å²) >= 11 is 0. The lowest BCUT2D eigenvalue weighted by Crippen LogP contribution is -2.50. The summed E-state index contributed by atoms with van der Waals surface area (Å²) in [5, 5.41) is 48.8. The number of hydrogen-bond acceptors (Lipinski definition) is 11. The van der Waals surface area contributed by atoms with Crippen molar-refractivity contribution < 1.29 is 59.1 Å². The van der Waals surface area contributed by atoms with Crippen molar-refractivity contribution in [2.24, 2.45) is 17.4 Å². The number of nitrogens with one attached hydrogen (secondary N) is 3. The molecular weight excluding hydrogens is 550 g/mol. The highest BCUT2D eigenvalue weighted by molar-refractivity contribution is 6.08. The third kappa shape index (κ3) is 20.8. The van der Waals surface area contributed by atoms with E-state index in [0.29, 0.717) is 12.3 Å². The number of piperidine rings is 1. The van der Waals surface area contributed by atoms with Crippen molar-refractivity contribution in [3.8, 4) is 0 Å². The largest absolute Gasteiger partial charge is 0.480 e. The normalized spacial score (nSPS) is 21.5. The van der Waals surface area contributed by atoms with E-state index in [0.717, 1.165) is 38.8 Å². The highest BCUT2D eigenvalue weighted by Gasteiger charge is 2.31. The molecule has 236 valence electrons. The smallest absolute Gasteiger partial charge is 0.334 e. The van der Waals surface area contributed by atoms with Crippen LogP contribution in [0.4, 0.5) is 0 Å². The maximum absolute atomic E-state index is 10.8. The van der Waals surface area contributed by atoms with E-state index in [9.17, 15) is 33.6 Å². The van der Waals surface area contributed by atoms with E-state index in [-0.39, 0.29) is 37.4 Å². The SMILES string of the molecule is CC(C)C[C@H](N)C(=O)O.NCC(=O)O.O=C(O)[C@@H]1CCCN1.O=C(O)[C@@H]1CCCN1.O=C1CCC(=O)[C@@H](C(=O)O)N1. The van der Waals surface area contributed by atoms with Gasteiger partial charge < -0.3 is 53.0 Å². The lowest BCUT2D eigenvalue weighted by atomic mass is 10.0. The highest BCUT2D eigenvalue weighted by atomic mass is 16.4. The molecule has 0 spiro atoms. The molecule has 3 rings (SSSR count). The third-order valence-electron chi connectivity index (χ3n) is 5.41. The van der Waals surface area contributed by atoms with Crippen LogP contribution in [0.2, 0.25) is 0 Å². The molecule has 0 aromatic rings. The van der Waals surface area contributed by atoms with Gasteiger partial charge in [0.1, 0.15) is 18.1 Å². The Hall–Kier alpha value is -3.67. The molecule has 12 N–H and O–H groups in total. The molecule has 1 amide bonds. The van der Waals surface area contributed by atoms with Crippen LogP contribution in [-0.4, -0.2) is 111 Å². The van der Waals surface area contributed by atoms with Crippen LogP contribution < -0.4 is 27.4 Å². The Bertz CT molecular complexity index is 845. The molecule has 17 heteroatoms. The Morgan fingerprint density at radius 2 is 1.27 bits per heavy atom. The highest BCUT2D eigenvalue weighted by Crippen LogP contribution is 2.05. The number of rotatable bonds is 7. The minimum atomic E-state index is -1.32. The average molecular weight is 594 g/mol. The summed E-state index contributed by atoms with van der Waals surface area (Å²) in [6, 6.07) is -2.55. The zero-order valence-corrected chi connectivity index (χ0v) is 23.2. The first-order valence-electron chi connectivity index (χ1n) is 12.9. The minimum absolute atomic E-state index is 0.0306. The maximum Gasteiger partial charge on any atom is 0.334 e. The lowest BCUT2D eigenvalue weighted by Gasteiger charge is -2.17. The molecule has 3 heterocycles. The fraction of sp³-hybridized carbons (Fsp3) is 0.708. The first-order valence-corrected chi connectivity index (χ1v) is 12.9. The van der Waals surface area contributed by atoms with Crippen LogP contribution in [0, 0.1) is 5.92 Å². The van der Waals surface area contributed by atoms with Crippen LogP contribution in [0.15, 0.2) is 0 Å². The number of carboxylic acids is 5. The van der Waals surface area contributed by atoms with Crippen LogP contribution in [-0.2, 0) is 33.6 Å². The molecule has 0 aromatic heterocycles. The monoisotopic (exact) mass is 593 g/mol. The summed E-state index contributed by atoms with van der Waals surface area (Å²) in [5.41, 5.74) is 9.79. The van der Waals surface area contributed by atoms with Gasteiger partial charge in [0.15, 0.2) is 11.8 Å². The van der Waals surface area contributed by atoms with Crippen LogP contribution in [0.1, 0.15) is 58.8 Å². The standard InChI is InChI=1S/C6H7NO4.C6H13NO2.2C5H9NO2.C2H5NO2/c8-3-1-2-4(9)7-5(3)6(10)11;1-4(2)3-5(7)6(8)9;2*7-5(8)4-2-1-3-6-4;3-1-2(4)5/h5H,1-2H2,(H,7,9)(H,10,11);4-5H,3,7H2,1-2H3,(H,8,9);2*4,6H,1-3H2,(H,7,8);1,3H2,(H,4,5)/t2*5-;2*4-;/m0000./s1. The molecule has 3 saturated heterocycles. The molecule has 0 unspecified atom stereocenters. The molecule has 0 radical (unpaired) electrons. The topological polar surface area (TPSA) is 309 Å². The van der Waals surface area contributed by atoms with Gasteiger partial charge >= 0.3 is 29.8 Å². The lowest BCUT2D eigenvalue weighted by molar-refractivity contribution is -0.148. The number of amides is 1. The van der Waals surface area contributed by atoms with Gasteiger partial charge in [0, 0.05) is 12.8 Å². The third-order valence-corrected chi connectivity index (χ3v) is 5.41. The molecule has 0 aromatic carbocycles. The summed E-state index contributed by atoms with van der Waals surface area (Å²) in [6.45, 7) is 5.33. The molecule has 17 nitrogen and oxygen atoms in total. The van der Waals surface area contributed by atoms with Gasteiger partial charge in [0.05, 0.1) is 6.54 Å². The van der Waals surface area contributed by atoms with Crippen molar-refractivity contribution in [3.05, 3.63) is 0 Å². The van der Waals surface area contributed by atoms with E-state index in [1.807, 2.05) is 13.8 Å².